The van der Waals surface area contributed by atoms with Gasteiger partial charge in [-0.05, 0) is 6.42 Å². The van der Waals surface area contributed by atoms with E-state index in [4.69, 9.17) is 19.5 Å². The Morgan fingerprint density at radius 3 is 1.73 bits per heavy atom. The zero-order chi connectivity index (χ0) is 23.5. The third-order valence-corrected chi connectivity index (χ3v) is 5.94. The molecule has 3 N–H and O–H groups in total. The molecule has 9 nitrogen and oxygen atoms in total. The van der Waals surface area contributed by atoms with Gasteiger partial charge < -0.3 is 22.5 Å². The van der Waals surface area contributed by atoms with E-state index in [1.807, 2.05) is 0 Å². The van der Waals surface area contributed by atoms with Gasteiger partial charge in [0.25, 0.3) is 10.1 Å². The maximum atomic E-state index is 11.8. The summed E-state index contributed by atoms with van der Waals surface area (Å²) < 4.78 is 41.3. The summed E-state index contributed by atoms with van der Waals surface area (Å²) >= 11 is 0. The molecule has 0 saturated heterocycles. The molecule has 0 aliphatic carbocycles. The topological polar surface area (TPSA) is 147 Å². The fraction of sp³-hybridized carbons (Fsp3) is 0.905. The van der Waals surface area contributed by atoms with E-state index < -0.39 is 53.0 Å². The summed E-state index contributed by atoms with van der Waals surface area (Å²) in [5.41, 5.74) is 0. The van der Waals surface area contributed by atoms with Crippen molar-refractivity contribution in [3.63, 3.8) is 0 Å². The van der Waals surface area contributed by atoms with Crippen LogP contribution in [0.2, 0.25) is 0 Å². The first kappa shape index (κ1) is 38.3. The maximum absolute atomic E-state index is 11.8. The Kier molecular flexibility index (Phi) is 28.4. The largest absolute Gasteiger partial charge is 1.00 e. The average Bonchev–Trinajstić information content (AvgIpc) is 2.72. The zero-order valence-corrected chi connectivity index (χ0v) is 25.5. The molecule has 0 fully saturated rings. The predicted molar refractivity (Wildman–Crippen MR) is 118 cm³/mol. The summed E-state index contributed by atoms with van der Waals surface area (Å²) in [4.78, 5) is 23.6. The van der Waals surface area contributed by atoms with Crippen LogP contribution in [-0.2, 0) is 29.2 Å². The van der Waals surface area contributed by atoms with Crippen molar-refractivity contribution in [2.75, 3.05) is 19.8 Å². The van der Waals surface area contributed by atoms with Gasteiger partial charge in [0.15, 0.2) is 5.25 Å². The minimum Gasteiger partial charge on any atom is -1.00 e. The van der Waals surface area contributed by atoms with E-state index >= 15 is 0 Å². The van der Waals surface area contributed by atoms with E-state index in [2.05, 4.69) is 11.7 Å². The maximum Gasteiger partial charge on any atom is 1.00 e. The quantitative estimate of drug-likeness (QED) is 0.0667. The van der Waals surface area contributed by atoms with Gasteiger partial charge in [-0.1, -0.05) is 77.6 Å². The molecule has 2 unspecified atom stereocenters. The number of hydrogen-bond acceptors (Lipinski definition) is 8. The van der Waals surface area contributed by atoms with Crippen LogP contribution in [0.25, 0.3) is 0 Å². The molecule has 0 saturated carbocycles. The van der Waals surface area contributed by atoms with Gasteiger partial charge in [-0.25, -0.2) is 0 Å². The molecule has 0 aliphatic rings. The number of aliphatic hydroxyl groups is 2. The number of rotatable bonds is 20. The second kappa shape index (κ2) is 24.5. The van der Waals surface area contributed by atoms with Crippen molar-refractivity contribution in [1.82, 2.24) is 0 Å². The fourth-order valence-corrected chi connectivity index (χ4v) is 3.63. The first-order valence-electron chi connectivity index (χ1n) is 11.3. The van der Waals surface area contributed by atoms with Gasteiger partial charge in [-0.15, -0.1) is 0 Å². The molecule has 0 radical (unpaired) electrons. The first-order valence-corrected chi connectivity index (χ1v) is 12.8. The number of carbonyl (C=O) groups is 2. The van der Waals surface area contributed by atoms with E-state index in [9.17, 15) is 18.0 Å². The van der Waals surface area contributed by atoms with Crippen molar-refractivity contribution in [1.29, 1.82) is 0 Å². The van der Waals surface area contributed by atoms with Gasteiger partial charge in [0.2, 0.25) is 0 Å². The predicted octanol–water partition coefficient (Wildman–Crippen LogP) is -2.99. The Morgan fingerprint density at radius 2 is 1.30 bits per heavy atom. The summed E-state index contributed by atoms with van der Waals surface area (Å²) in [7, 11) is -4.89. The molecule has 0 amide bonds. The summed E-state index contributed by atoms with van der Waals surface area (Å²) in [6.07, 6.45) is 11.6. The van der Waals surface area contributed by atoms with Crippen LogP contribution in [0.1, 0.15) is 93.2 Å². The molecule has 2 atom stereocenters. The molecule has 0 aromatic heterocycles. The van der Waals surface area contributed by atoms with Crippen LogP contribution in [0.4, 0.5) is 0 Å². The zero-order valence-electron chi connectivity index (χ0n) is 22.7. The second-order valence-corrected chi connectivity index (χ2v) is 9.38. The van der Waals surface area contributed by atoms with E-state index in [1.165, 1.54) is 51.4 Å². The summed E-state index contributed by atoms with van der Waals surface area (Å²) in [5.74, 6) is -2.33. The normalized spacial score (nSPS) is 12.7. The van der Waals surface area contributed by atoms with Gasteiger partial charge in [-0.2, -0.15) is 8.42 Å². The van der Waals surface area contributed by atoms with E-state index in [0.29, 0.717) is 6.42 Å². The molecule has 12 heteroatoms. The van der Waals surface area contributed by atoms with Crippen molar-refractivity contribution in [2.24, 2.45) is 0 Å². The third kappa shape index (κ3) is 22.9. The standard InChI is InChI=1S/C21H40O9S.2Na.2H/c1-2-3-4-5-6-7-8-9-10-11-12-13-14-29-20(24)15-19(31(26,27)28)21(25)30-17-18(23)16-22;;;;/h18-19,22-23H,2-17H2,1H3,(H,26,27,28);;;;/q;2*+1;2*-1. The van der Waals surface area contributed by atoms with Crippen LogP contribution < -0.4 is 59.1 Å². The van der Waals surface area contributed by atoms with E-state index in [0.717, 1.165) is 19.3 Å². The Morgan fingerprint density at radius 1 is 0.848 bits per heavy atom. The molecule has 0 rings (SSSR count). The van der Waals surface area contributed by atoms with Gasteiger partial charge in [0.05, 0.1) is 19.6 Å². The Hall–Kier alpha value is 0.770. The molecule has 0 aromatic carbocycles. The minimum absolute atomic E-state index is 0. The van der Waals surface area contributed by atoms with Crippen molar-refractivity contribution < 1.29 is 104 Å². The Labute approximate surface area is 246 Å². The van der Waals surface area contributed by atoms with Crippen LogP contribution in [0, 0.1) is 0 Å². The molecular weight excluding hydrogens is 474 g/mol. The third-order valence-electron chi connectivity index (χ3n) is 4.86. The van der Waals surface area contributed by atoms with Crippen LogP contribution in [0.5, 0.6) is 0 Å². The molecular formula is C21H42Na2O9S. The molecule has 0 spiro atoms. The van der Waals surface area contributed by atoms with Gasteiger partial charge >= 0.3 is 71.1 Å². The van der Waals surface area contributed by atoms with Crippen molar-refractivity contribution in [3.05, 3.63) is 0 Å². The second-order valence-electron chi connectivity index (χ2n) is 7.78. The van der Waals surface area contributed by atoms with Gasteiger partial charge in [-0.3, -0.25) is 14.1 Å². The van der Waals surface area contributed by atoms with Crippen LogP contribution >= 0.6 is 0 Å². The van der Waals surface area contributed by atoms with Crippen LogP contribution in [-0.4, -0.2) is 66.3 Å². The molecule has 0 bridgehead atoms. The number of esters is 2. The summed E-state index contributed by atoms with van der Waals surface area (Å²) in [5, 5.41) is 15.7. The molecule has 0 aliphatic heterocycles. The fourth-order valence-electron chi connectivity index (χ4n) is 2.97. The SMILES string of the molecule is CCCCCCCCCCCCCCOC(=O)CC(C(=O)OCC(O)CO)S(=O)(=O)O.[H-].[H-].[Na+].[Na+]. The smallest absolute Gasteiger partial charge is 1.00 e. The van der Waals surface area contributed by atoms with E-state index in [-0.39, 0.29) is 68.6 Å². The number of unbranched alkanes of at least 4 members (excludes halogenated alkanes) is 11. The van der Waals surface area contributed by atoms with Crippen LogP contribution in [0.15, 0.2) is 0 Å². The number of aliphatic hydroxyl groups excluding tert-OH is 2. The Bertz CT molecular complexity index is 599. The van der Waals surface area contributed by atoms with Crippen molar-refractivity contribution >= 4 is 22.1 Å². The Balaban J connectivity index is -0.000000750. The number of carbonyl (C=O) groups excluding carboxylic acids is 2. The monoisotopic (exact) mass is 516 g/mol. The van der Waals surface area contributed by atoms with Gasteiger partial charge in [0, 0.05) is 0 Å². The average molecular weight is 517 g/mol. The number of hydrogen-bond donors (Lipinski definition) is 3. The number of ether oxygens (including phenoxy) is 2. The van der Waals surface area contributed by atoms with E-state index in [1.54, 1.807) is 0 Å². The molecule has 33 heavy (non-hydrogen) atoms. The van der Waals surface area contributed by atoms with Crippen molar-refractivity contribution in [2.45, 2.75) is 102 Å². The molecule has 0 heterocycles. The van der Waals surface area contributed by atoms with Gasteiger partial charge in [0.1, 0.15) is 12.7 Å². The van der Waals surface area contributed by atoms with Crippen LogP contribution in [0.3, 0.4) is 0 Å². The minimum atomic E-state index is -4.89. The summed E-state index contributed by atoms with van der Waals surface area (Å²) in [6.45, 7) is 0.968. The molecule has 188 valence electrons. The first-order chi connectivity index (χ1) is 14.7. The molecule has 0 aromatic rings. The van der Waals surface area contributed by atoms with Crippen molar-refractivity contribution in [3.8, 4) is 0 Å². The summed E-state index contributed by atoms with van der Waals surface area (Å²) in [6, 6.07) is 0.